The summed E-state index contributed by atoms with van der Waals surface area (Å²) in [6.07, 6.45) is 0. The lowest BCUT2D eigenvalue weighted by Gasteiger charge is -2.14. The number of benzene rings is 3. The minimum atomic E-state index is -0.254. The highest BCUT2D eigenvalue weighted by Gasteiger charge is 2.15. The summed E-state index contributed by atoms with van der Waals surface area (Å²) in [7, 11) is 0. The third kappa shape index (κ3) is 4.67. The zero-order valence-electron chi connectivity index (χ0n) is 17.0. The largest absolute Gasteiger partial charge is 0.325 e. The summed E-state index contributed by atoms with van der Waals surface area (Å²) in [6, 6.07) is 21.1. The summed E-state index contributed by atoms with van der Waals surface area (Å²) >= 11 is 7.26. The number of carbonyl (C=O) groups is 1. The Morgan fingerprint density at radius 3 is 2.66 bits per heavy atom. The van der Waals surface area contributed by atoms with Crippen LogP contribution in [0.5, 0.6) is 0 Å². The molecule has 0 unspecified atom stereocenters. The van der Waals surface area contributed by atoms with Gasteiger partial charge in [0.25, 0.3) is 5.56 Å². The molecule has 1 amide bonds. The molecule has 4 rings (SSSR count). The minimum absolute atomic E-state index is 0.0460. The number of amides is 1. The molecule has 158 valence electrons. The van der Waals surface area contributed by atoms with E-state index in [-0.39, 0.29) is 17.2 Å². The van der Waals surface area contributed by atoms with E-state index in [0.717, 1.165) is 17.3 Å². The molecule has 6 nitrogen and oxygen atoms in total. The van der Waals surface area contributed by atoms with Gasteiger partial charge < -0.3 is 5.32 Å². The van der Waals surface area contributed by atoms with Crippen molar-refractivity contribution in [2.75, 3.05) is 11.1 Å². The molecule has 32 heavy (non-hydrogen) atoms. The van der Waals surface area contributed by atoms with Crippen molar-refractivity contribution in [3.63, 3.8) is 0 Å². The van der Waals surface area contributed by atoms with Crippen LogP contribution in [-0.4, -0.2) is 21.2 Å². The molecule has 0 atom stereocenters. The number of halogens is 1. The molecule has 0 aliphatic carbocycles. The summed E-state index contributed by atoms with van der Waals surface area (Å²) in [5.74, 6) is -0.208. The van der Waals surface area contributed by atoms with Crippen LogP contribution in [0.2, 0.25) is 5.02 Å². The van der Waals surface area contributed by atoms with Crippen molar-refractivity contribution in [3.8, 4) is 11.8 Å². The van der Waals surface area contributed by atoms with E-state index < -0.39 is 0 Å². The number of hydrogen-bond donors (Lipinski definition) is 1. The van der Waals surface area contributed by atoms with Crippen LogP contribution >= 0.6 is 23.4 Å². The van der Waals surface area contributed by atoms with Crippen LogP contribution in [0.1, 0.15) is 11.1 Å². The fourth-order valence-electron chi connectivity index (χ4n) is 3.19. The van der Waals surface area contributed by atoms with Gasteiger partial charge in [0.05, 0.1) is 34.0 Å². The molecular weight excluding hydrogens is 444 g/mol. The molecule has 4 aromatic rings. The van der Waals surface area contributed by atoms with E-state index in [9.17, 15) is 9.59 Å². The van der Waals surface area contributed by atoms with E-state index in [2.05, 4.69) is 10.3 Å². The van der Waals surface area contributed by atoms with Gasteiger partial charge in [-0.25, -0.2) is 4.98 Å². The highest BCUT2D eigenvalue weighted by atomic mass is 35.5. The van der Waals surface area contributed by atoms with Crippen LogP contribution in [0, 0.1) is 18.3 Å². The fourth-order valence-corrected chi connectivity index (χ4v) is 4.16. The molecule has 0 aliphatic rings. The zero-order valence-corrected chi connectivity index (χ0v) is 18.6. The minimum Gasteiger partial charge on any atom is -0.325 e. The molecule has 0 fully saturated rings. The molecule has 1 aromatic heterocycles. The molecular formula is C24H17ClN4O2S. The number of thioether (sulfide) groups is 1. The maximum atomic E-state index is 13.3. The Balaban J connectivity index is 1.67. The highest BCUT2D eigenvalue weighted by molar-refractivity contribution is 7.99. The van der Waals surface area contributed by atoms with Crippen LogP contribution in [-0.2, 0) is 4.79 Å². The lowest BCUT2D eigenvalue weighted by Crippen LogP contribution is -2.23. The quantitative estimate of drug-likeness (QED) is 0.336. The fraction of sp³-hybridized carbons (Fsp3) is 0.0833. The average molecular weight is 461 g/mol. The van der Waals surface area contributed by atoms with E-state index in [0.29, 0.717) is 38.0 Å². The number of fused-ring (bicyclic) bond motifs is 1. The monoisotopic (exact) mass is 460 g/mol. The van der Waals surface area contributed by atoms with Gasteiger partial charge in [-0.05, 0) is 67.1 Å². The lowest BCUT2D eigenvalue weighted by molar-refractivity contribution is -0.113. The zero-order chi connectivity index (χ0) is 22.7. The van der Waals surface area contributed by atoms with E-state index >= 15 is 0 Å². The topological polar surface area (TPSA) is 87.8 Å². The van der Waals surface area contributed by atoms with Gasteiger partial charge in [-0.1, -0.05) is 35.5 Å². The van der Waals surface area contributed by atoms with Crippen LogP contribution < -0.4 is 10.9 Å². The highest BCUT2D eigenvalue weighted by Crippen LogP contribution is 2.24. The summed E-state index contributed by atoms with van der Waals surface area (Å²) in [5, 5.41) is 13.0. The third-order valence-electron chi connectivity index (χ3n) is 4.69. The molecule has 0 aliphatic heterocycles. The Kier molecular flexibility index (Phi) is 6.26. The average Bonchev–Trinajstić information content (AvgIpc) is 2.78. The molecule has 0 bridgehead atoms. The van der Waals surface area contributed by atoms with Crippen molar-refractivity contribution in [3.05, 3.63) is 93.2 Å². The molecule has 3 aromatic carbocycles. The number of hydrogen-bond acceptors (Lipinski definition) is 5. The number of nitrogens with zero attached hydrogens (tertiary/aromatic N) is 3. The second-order valence-corrected chi connectivity index (χ2v) is 8.44. The van der Waals surface area contributed by atoms with Crippen LogP contribution in [0.4, 0.5) is 5.69 Å². The smallest absolute Gasteiger partial charge is 0.266 e. The van der Waals surface area contributed by atoms with E-state index in [4.69, 9.17) is 16.9 Å². The van der Waals surface area contributed by atoms with Gasteiger partial charge in [-0.2, -0.15) is 5.26 Å². The van der Waals surface area contributed by atoms with Crippen LogP contribution in [0.3, 0.4) is 0 Å². The first kappa shape index (κ1) is 21.6. The van der Waals surface area contributed by atoms with Crippen molar-refractivity contribution < 1.29 is 4.79 Å². The lowest BCUT2D eigenvalue weighted by atomic mass is 10.2. The molecule has 0 saturated heterocycles. The standard InChI is InChI=1S/C24H17ClN4O2S/c1-15-3-2-4-19(11-15)29-23(31)20-10-7-17(25)12-21(20)28-24(29)32-14-22(30)27-18-8-5-16(13-26)6-9-18/h2-12H,14H2,1H3,(H,27,30). The van der Waals surface area contributed by atoms with Crippen molar-refractivity contribution in [2.24, 2.45) is 0 Å². The molecule has 0 radical (unpaired) electrons. The van der Waals surface area contributed by atoms with Gasteiger partial charge >= 0.3 is 0 Å². The first-order chi connectivity index (χ1) is 15.4. The molecule has 8 heteroatoms. The Hall–Kier alpha value is -3.60. The van der Waals surface area contributed by atoms with Gasteiger partial charge in [-0.3, -0.25) is 14.2 Å². The van der Waals surface area contributed by atoms with Gasteiger partial charge in [0.15, 0.2) is 5.16 Å². The van der Waals surface area contributed by atoms with Crippen molar-refractivity contribution in [1.82, 2.24) is 9.55 Å². The summed E-state index contributed by atoms with van der Waals surface area (Å²) in [4.78, 5) is 30.4. The number of aryl methyl sites for hydroxylation is 1. The van der Waals surface area contributed by atoms with Crippen LogP contribution in [0.15, 0.2) is 76.7 Å². The van der Waals surface area contributed by atoms with E-state index in [1.165, 1.54) is 4.57 Å². The molecule has 0 saturated carbocycles. The molecule has 1 N–H and O–H groups in total. The van der Waals surface area contributed by atoms with E-state index in [1.807, 2.05) is 37.3 Å². The predicted octanol–water partition coefficient (Wildman–Crippen LogP) is 4.95. The molecule has 0 spiro atoms. The van der Waals surface area contributed by atoms with E-state index in [1.54, 1.807) is 42.5 Å². The second-order valence-electron chi connectivity index (χ2n) is 7.06. The maximum Gasteiger partial charge on any atom is 0.266 e. The summed E-state index contributed by atoms with van der Waals surface area (Å²) in [6.45, 7) is 1.95. The molecule has 1 heterocycles. The predicted molar refractivity (Wildman–Crippen MR) is 128 cm³/mol. The maximum absolute atomic E-state index is 13.3. The van der Waals surface area contributed by atoms with Gasteiger partial charge in [-0.15, -0.1) is 0 Å². The normalized spacial score (nSPS) is 10.7. The number of rotatable bonds is 5. The Bertz CT molecular complexity index is 1430. The number of nitrogens with one attached hydrogen (secondary N) is 1. The van der Waals surface area contributed by atoms with Crippen molar-refractivity contribution >= 4 is 45.9 Å². The summed E-state index contributed by atoms with van der Waals surface area (Å²) in [5.41, 5.74) is 3.02. The Morgan fingerprint density at radius 1 is 1.16 bits per heavy atom. The first-order valence-corrected chi connectivity index (χ1v) is 11.0. The summed E-state index contributed by atoms with van der Waals surface area (Å²) < 4.78 is 1.52. The Morgan fingerprint density at radius 2 is 1.94 bits per heavy atom. The van der Waals surface area contributed by atoms with Crippen molar-refractivity contribution in [2.45, 2.75) is 12.1 Å². The number of nitriles is 1. The van der Waals surface area contributed by atoms with Gasteiger partial charge in [0.1, 0.15) is 0 Å². The third-order valence-corrected chi connectivity index (χ3v) is 5.86. The SMILES string of the molecule is Cc1cccc(-n2c(SCC(=O)Nc3ccc(C#N)cc3)nc3cc(Cl)ccc3c2=O)c1. The van der Waals surface area contributed by atoms with Crippen molar-refractivity contribution in [1.29, 1.82) is 5.26 Å². The van der Waals surface area contributed by atoms with Gasteiger partial charge in [0, 0.05) is 10.7 Å². The Labute approximate surface area is 193 Å². The first-order valence-electron chi connectivity index (χ1n) is 9.67. The number of carbonyl (C=O) groups excluding carboxylic acids is 1. The van der Waals surface area contributed by atoms with Gasteiger partial charge in [0.2, 0.25) is 5.91 Å². The second kappa shape index (κ2) is 9.27. The number of aromatic nitrogens is 2. The number of anilines is 1. The van der Waals surface area contributed by atoms with Crippen LogP contribution in [0.25, 0.3) is 16.6 Å².